The molecule has 1 aromatic carbocycles. The molecule has 0 saturated heterocycles. The fourth-order valence-corrected chi connectivity index (χ4v) is 6.08. The predicted octanol–water partition coefficient (Wildman–Crippen LogP) is 6.32. The number of thiophene rings is 1. The van der Waals surface area contributed by atoms with Crippen LogP contribution in [-0.4, -0.2) is 53.3 Å². The van der Waals surface area contributed by atoms with Gasteiger partial charge in [0, 0.05) is 28.4 Å². The maximum atomic E-state index is 12.9. The summed E-state index contributed by atoms with van der Waals surface area (Å²) in [6.07, 6.45) is 0.441. The minimum atomic E-state index is -0.614. The maximum Gasteiger partial charge on any atom is 0.410 e. The smallest absolute Gasteiger partial charge is 0.410 e. The van der Waals surface area contributed by atoms with Gasteiger partial charge in [0.25, 0.3) is 0 Å². The van der Waals surface area contributed by atoms with Crippen molar-refractivity contribution in [1.82, 2.24) is 4.90 Å². The number of nitrogens with one attached hydrogen (secondary N) is 2. The van der Waals surface area contributed by atoms with Gasteiger partial charge in [0.2, 0.25) is 11.8 Å². The van der Waals surface area contributed by atoms with E-state index in [9.17, 15) is 19.2 Å². The van der Waals surface area contributed by atoms with Crippen molar-refractivity contribution in [3.05, 3.63) is 40.3 Å². The highest BCUT2D eigenvalue weighted by Gasteiger charge is 2.32. The topological polar surface area (TPSA) is 114 Å². The molecule has 0 bridgehead atoms. The summed E-state index contributed by atoms with van der Waals surface area (Å²) in [6.45, 7) is 14.1. The number of esters is 1. The van der Waals surface area contributed by atoms with Crippen LogP contribution in [0.25, 0.3) is 0 Å². The van der Waals surface area contributed by atoms with E-state index in [4.69, 9.17) is 9.47 Å². The molecule has 2 N–H and O–H groups in total. The molecule has 0 radical (unpaired) electrons. The van der Waals surface area contributed by atoms with Crippen LogP contribution in [0.1, 0.15) is 75.7 Å². The van der Waals surface area contributed by atoms with E-state index in [-0.39, 0.29) is 29.6 Å². The number of carbonyl (C=O) groups excluding carboxylic acids is 4. The van der Waals surface area contributed by atoms with Crippen LogP contribution in [-0.2, 0) is 32.0 Å². The standard InChI is InChI=1S/C29H39N3O6S2/c1-8-37-26(35)24-20-12-13-32(27(36)38-29(5,6)7)16-21(20)40-25(24)31-23(34)17-39-19-11-9-10-18(14-19)30-22(33)15-28(2,3)4/h9-11,14H,8,12-13,15-17H2,1-7H3,(H,30,33)(H,31,34). The number of nitrogens with zero attached hydrogens (tertiary/aromatic N) is 1. The third-order valence-electron chi connectivity index (χ3n) is 5.62. The summed E-state index contributed by atoms with van der Waals surface area (Å²) in [4.78, 5) is 54.0. The monoisotopic (exact) mass is 589 g/mol. The Bertz CT molecular complexity index is 1260. The second-order valence-electron chi connectivity index (χ2n) is 11.7. The number of rotatable bonds is 8. The molecule has 0 saturated carbocycles. The molecule has 0 spiro atoms. The molecule has 1 aliphatic rings. The number of thioether (sulfide) groups is 1. The molecule has 3 rings (SSSR count). The molecule has 11 heteroatoms. The average Bonchev–Trinajstić information content (AvgIpc) is 3.17. The molecule has 1 aromatic heterocycles. The molecule has 9 nitrogen and oxygen atoms in total. The van der Waals surface area contributed by atoms with Gasteiger partial charge in [0.1, 0.15) is 10.6 Å². The van der Waals surface area contributed by atoms with Crippen LogP contribution >= 0.6 is 23.1 Å². The Morgan fingerprint density at radius 2 is 1.77 bits per heavy atom. The van der Waals surface area contributed by atoms with Crippen LogP contribution in [0.15, 0.2) is 29.2 Å². The SMILES string of the molecule is CCOC(=O)c1c(NC(=O)CSc2cccc(NC(=O)CC(C)(C)C)c2)sc2c1CCN(C(=O)OC(C)(C)C)C2. The quantitative estimate of drug-likeness (QED) is 0.273. The van der Waals surface area contributed by atoms with E-state index in [0.717, 1.165) is 15.3 Å². The van der Waals surface area contributed by atoms with Crippen molar-refractivity contribution < 1.29 is 28.7 Å². The van der Waals surface area contributed by atoms with Crippen LogP contribution in [0.4, 0.5) is 15.5 Å². The number of hydrogen-bond acceptors (Lipinski definition) is 8. The average molecular weight is 590 g/mol. The van der Waals surface area contributed by atoms with Crippen molar-refractivity contribution in [3.63, 3.8) is 0 Å². The highest BCUT2D eigenvalue weighted by Crippen LogP contribution is 2.38. The normalized spacial score (nSPS) is 13.3. The first-order valence-electron chi connectivity index (χ1n) is 13.3. The highest BCUT2D eigenvalue weighted by atomic mass is 32.2. The minimum absolute atomic E-state index is 0.0641. The second-order valence-corrected chi connectivity index (χ2v) is 13.9. The van der Waals surface area contributed by atoms with Crippen LogP contribution in [0, 0.1) is 5.41 Å². The van der Waals surface area contributed by atoms with Crippen molar-refractivity contribution in [2.24, 2.45) is 5.41 Å². The van der Waals surface area contributed by atoms with E-state index in [0.29, 0.717) is 42.2 Å². The molecule has 2 heterocycles. The van der Waals surface area contributed by atoms with Crippen LogP contribution < -0.4 is 10.6 Å². The molecular formula is C29H39N3O6S2. The molecule has 0 atom stereocenters. The van der Waals surface area contributed by atoms with Crippen LogP contribution in [0.2, 0.25) is 0 Å². The lowest BCUT2D eigenvalue weighted by atomic mass is 9.92. The first kappa shape index (κ1) is 31.5. The first-order valence-corrected chi connectivity index (χ1v) is 15.1. The number of hydrogen-bond donors (Lipinski definition) is 2. The summed E-state index contributed by atoms with van der Waals surface area (Å²) in [5.74, 6) is -0.729. The Kier molecular flexibility index (Phi) is 10.3. The highest BCUT2D eigenvalue weighted by molar-refractivity contribution is 8.00. The van der Waals surface area contributed by atoms with Gasteiger partial charge in [-0.25, -0.2) is 9.59 Å². The third kappa shape index (κ3) is 9.26. The molecule has 0 aliphatic carbocycles. The van der Waals surface area contributed by atoms with E-state index < -0.39 is 17.7 Å². The summed E-state index contributed by atoms with van der Waals surface area (Å²) in [6, 6.07) is 7.34. The van der Waals surface area contributed by atoms with Crippen LogP contribution in [0.5, 0.6) is 0 Å². The number of benzene rings is 1. The predicted molar refractivity (Wildman–Crippen MR) is 159 cm³/mol. The van der Waals surface area contributed by atoms with Gasteiger partial charge in [-0.05, 0) is 63.3 Å². The second kappa shape index (κ2) is 13.1. The molecular weight excluding hydrogens is 550 g/mol. The van der Waals surface area contributed by atoms with Crippen molar-refractivity contribution in [3.8, 4) is 0 Å². The third-order valence-corrected chi connectivity index (χ3v) is 7.75. The first-order chi connectivity index (χ1) is 18.6. The summed E-state index contributed by atoms with van der Waals surface area (Å²) in [5.41, 5.74) is 1.09. The zero-order chi connectivity index (χ0) is 29.7. The van der Waals surface area contributed by atoms with Gasteiger partial charge in [0.15, 0.2) is 0 Å². The van der Waals surface area contributed by atoms with Crippen molar-refractivity contribution in [2.75, 3.05) is 29.5 Å². The molecule has 2 aromatic rings. The summed E-state index contributed by atoms with van der Waals surface area (Å²) in [5, 5.41) is 6.22. The molecule has 0 fully saturated rings. The van der Waals surface area contributed by atoms with Crippen LogP contribution in [0.3, 0.4) is 0 Å². The fourth-order valence-electron chi connectivity index (χ4n) is 4.06. The van der Waals surface area contributed by atoms with Crippen molar-refractivity contribution in [2.45, 2.75) is 78.3 Å². The zero-order valence-corrected chi connectivity index (χ0v) is 25.9. The maximum absolute atomic E-state index is 12.9. The fraction of sp³-hybridized carbons (Fsp3) is 0.517. The van der Waals surface area contributed by atoms with Gasteiger partial charge in [0.05, 0.1) is 24.5 Å². The minimum Gasteiger partial charge on any atom is -0.462 e. The summed E-state index contributed by atoms with van der Waals surface area (Å²) >= 11 is 2.61. The van der Waals surface area contributed by atoms with Gasteiger partial charge >= 0.3 is 12.1 Å². The number of fused-ring (bicyclic) bond motifs is 1. The number of carbonyl (C=O) groups is 4. The van der Waals surface area contributed by atoms with E-state index in [2.05, 4.69) is 10.6 Å². The lowest BCUT2D eigenvalue weighted by molar-refractivity contribution is -0.118. The summed E-state index contributed by atoms with van der Waals surface area (Å²) < 4.78 is 10.8. The molecule has 1 aliphatic heterocycles. The van der Waals surface area contributed by atoms with Crippen molar-refractivity contribution >= 4 is 57.7 Å². The Balaban J connectivity index is 1.69. The Hall–Kier alpha value is -3.05. The van der Waals surface area contributed by atoms with E-state index in [1.54, 1.807) is 11.8 Å². The van der Waals surface area contributed by atoms with Gasteiger partial charge in [-0.15, -0.1) is 23.1 Å². The molecule has 0 unspecified atom stereocenters. The Morgan fingerprint density at radius 3 is 2.42 bits per heavy atom. The molecule has 3 amide bonds. The number of amides is 3. The Labute approximate surface area is 244 Å². The van der Waals surface area contributed by atoms with E-state index >= 15 is 0 Å². The van der Waals surface area contributed by atoms with E-state index in [1.165, 1.54) is 23.1 Å². The van der Waals surface area contributed by atoms with Crippen molar-refractivity contribution in [1.29, 1.82) is 0 Å². The lowest BCUT2D eigenvalue weighted by Crippen LogP contribution is -2.39. The van der Waals surface area contributed by atoms with Gasteiger partial charge in [-0.1, -0.05) is 26.8 Å². The molecule has 40 heavy (non-hydrogen) atoms. The van der Waals surface area contributed by atoms with Gasteiger partial charge in [-0.2, -0.15) is 0 Å². The van der Waals surface area contributed by atoms with Gasteiger partial charge < -0.3 is 25.0 Å². The summed E-state index contributed by atoms with van der Waals surface area (Å²) in [7, 11) is 0. The zero-order valence-electron chi connectivity index (χ0n) is 24.3. The lowest BCUT2D eigenvalue weighted by Gasteiger charge is -2.30. The molecule has 218 valence electrons. The largest absolute Gasteiger partial charge is 0.462 e. The van der Waals surface area contributed by atoms with Gasteiger partial charge in [-0.3, -0.25) is 9.59 Å². The number of ether oxygens (including phenoxy) is 2. The number of anilines is 2. The van der Waals surface area contributed by atoms with E-state index in [1.807, 2.05) is 65.8 Å². The Morgan fingerprint density at radius 1 is 1.05 bits per heavy atom.